The zero-order valence-corrected chi connectivity index (χ0v) is 21.4. The number of aliphatic carboxylic acids is 1. The number of carboxylic acid groups (broad SMARTS) is 1. The second-order valence-electron chi connectivity index (χ2n) is 10.9. The Morgan fingerprint density at radius 2 is 1.77 bits per heavy atom. The highest BCUT2D eigenvalue weighted by Gasteiger charge is 2.70. The Balaban J connectivity index is 1.42. The molecule has 6 rings (SSSR count). The average Bonchev–Trinajstić information content (AvgIpc) is 3.52. The number of thioether (sulfide) groups is 1. The molecule has 2 saturated carbocycles. The highest BCUT2D eigenvalue weighted by atomic mass is 32.2. The first-order valence-corrected chi connectivity index (χ1v) is 13.9. The van der Waals surface area contributed by atoms with Crippen LogP contribution in [0.25, 0.3) is 0 Å². The Morgan fingerprint density at radius 1 is 1.11 bits per heavy atom. The average molecular weight is 512 g/mol. The van der Waals surface area contributed by atoms with Crippen LogP contribution in [0.1, 0.15) is 48.6 Å². The fourth-order valence-corrected chi connectivity index (χ4v) is 10.1. The van der Waals surface area contributed by atoms with Crippen LogP contribution < -0.4 is 9.98 Å². The molecular formula is C26H27N2O5S2-. The monoisotopic (exact) mass is 511 g/mol. The smallest absolute Gasteiger partial charge is 0.305 e. The number of nitrogens with zero attached hydrogens (tertiary/aromatic N) is 1. The minimum absolute atomic E-state index is 0.00697. The summed E-state index contributed by atoms with van der Waals surface area (Å²) in [6, 6.07) is 7.13. The van der Waals surface area contributed by atoms with E-state index in [1.807, 2.05) is 20.8 Å². The van der Waals surface area contributed by atoms with E-state index in [-0.39, 0.29) is 57.9 Å². The molecule has 2 aromatic rings. The van der Waals surface area contributed by atoms with E-state index in [2.05, 4.69) is 29.2 Å². The van der Waals surface area contributed by atoms with Gasteiger partial charge in [-0.3, -0.25) is 19.3 Å². The van der Waals surface area contributed by atoms with Crippen LogP contribution in [0.15, 0.2) is 34.1 Å². The Labute approximate surface area is 211 Å². The number of benzene rings is 1. The molecule has 1 N–H and O–H groups in total. The Kier molecular flexibility index (Phi) is 5.31. The number of hydrogen-bond acceptors (Lipinski definition) is 7. The number of amides is 2. The summed E-state index contributed by atoms with van der Waals surface area (Å²) >= 11 is 2.87. The van der Waals surface area contributed by atoms with Gasteiger partial charge in [-0.25, -0.2) is 0 Å². The molecule has 2 bridgehead atoms. The third-order valence-electron chi connectivity index (χ3n) is 8.47. The number of likely N-dealkylation sites (tertiary alicyclic amines) is 1. The zero-order valence-electron chi connectivity index (χ0n) is 19.7. The van der Waals surface area contributed by atoms with Gasteiger partial charge in [0.15, 0.2) is 0 Å². The molecule has 1 saturated heterocycles. The SMILES string of the molecule is Cc1ccc(C2c3sc(=O)[nH]c3SC3C4CC(C5C(=O)N(C(CC(C)C)C(=O)[O-])C(=O)C45)C23)cc1. The van der Waals surface area contributed by atoms with E-state index in [4.69, 9.17) is 0 Å². The number of nitrogens with one attached hydrogen (secondary N) is 1. The number of carbonyl (C=O) groups excluding carboxylic acids is 3. The standard InChI is InChI=1S/C26H28N2O5S2/c1-10(2)8-15(25(31)32)28-23(29)18-13-9-14(19(18)24(28)30)20-17(13)16(12-6-4-11(3)5-7-12)21-22(34-20)27-26(33)35-21/h4-7,10,13-20H,8-9H2,1-3H3,(H,27,33)(H,31,32)/p-1. The lowest BCUT2D eigenvalue weighted by molar-refractivity contribution is -0.311. The number of fused-ring (bicyclic) bond motifs is 9. The van der Waals surface area contributed by atoms with E-state index < -0.39 is 23.8 Å². The van der Waals surface area contributed by atoms with E-state index in [9.17, 15) is 24.3 Å². The lowest BCUT2D eigenvalue weighted by atomic mass is 9.68. The maximum absolute atomic E-state index is 13.7. The largest absolute Gasteiger partial charge is 0.548 e. The first kappa shape index (κ1) is 23.0. The lowest BCUT2D eigenvalue weighted by Gasteiger charge is -2.43. The van der Waals surface area contributed by atoms with Crippen molar-refractivity contribution >= 4 is 40.9 Å². The van der Waals surface area contributed by atoms with Gasteiger partial charge in [0.1, 0.15) is 0 Å². The molecule has 35 heavy (non-hydrogen) atoms. The molecule has 4 aliphatic rings. The molecule has 2 aliphatic carbocycles. The number of aromatic amines is 1. The molecule has 184 valence electrons. The van der Waals surface area contributed by atoms with Crippen molar-refractivity contribution in [3.05, 3.63) is 49.9 Å². The molecule has 2 aliphatic heterocycles. The van der Waals surface area contributed by atoms with Crippen LogP contribution in [0.3, 0.4) is 0 Å². The third-order valence-corrected chi connectivity index (χ3v) is 11.1. The first-order chi connectivity index (χ1) is 16.7. The number of aromatic nitrogens is 1. The van der Waals surface area contributed by atoms with Gasteiger partial charge >= 0.3 is 4.87 Å². The van der Waals surface area contributed by atoms with E-state index in [0.717, 1.165) is 32.4 Å². The summed E-state index contributed by atoms with van der Waals surface area (Å²) in [5.74, 6) is -3.00. The maximum atomic E-state index is 13.7. The Morgan fingerprint density at radius 3 is 2.40 bits per heavy atom. The number of rotatable bonds is 5. The normalized spacial score (nSPS) is 33.7. The van der Waals surface area contributed by atoms with Crippen molar-refractivity contribution in [2.75, 3.05) is 0 Å². The molecule has 9 heteroatoms. The fourth-order valence-electron chi connectivity index (χ4n) is 7.25. The van der Waals surface area contributed by atoms with Crippen LogP contribution >= 0.6 is 23.1 Å². The quantitative estimate of drug-likeness (QED) is 0.617. The molecule has 0 radical (unpaired) electrons. The number of hydrogen-bond donors (Lipinski definition) is 1. The van der Waals surface area contributed by atoms with Gasteiger partial charge in [-0.15, -0.1) is 11.8 Å². The van der Waals surface area contributed by atoms with Crippen LogP contribution in [0.2, 0.25) is 0 Å². The molecule has 3 fully saturated rings. The topological polar surface area (TPSA) is 110 Å². The Bertz CT molecular complexity index is 1280. The van der Waals surface area contributed by atoms with Crippen molar-refractivity contribution in [3.8, 4) is 0 Å². The second kappa shape index (κ2) is 8.06. The lowest BCUT2D eigenvalue weighted by Crippen LogP contribution is -2.52. The summed E-state index contributed by atoms with van der Waals surface area (Å²) in [6.07, 6.45) is 0.978. The van der Waals surface area contributed by atoms with Gasteiger partial charge in [0, 0.05) is 16.0 Å². The summed E-state index contributed by atoms with van der Waals surface area (Å²) < 4.78 is 0. The highest BCUT2D eigenvalue weighted by molar-refractivity contribution is 8.00. The van der Waals surface area contributed by atoms with Gasteiger partial charge in [0.05, 0.1) is 28.9 Å². The highest BCUT2D eigenvalue weighted by Crippen LogP contribution is 2.68. The fraction of sp³-hybridized carbons (Fsp3) is 0.538. The number of carboxylic acids is 1. The molecule has 8 atom stereocenters. The van der Waals surface area contributed by atoms with Crippen molar-refractivity contribution in [1.29, 1.82) is 0 Å². The molecule has 0 spiro atoms. The van der Waals surface area contributed by atoms with Crippen LogP contribution in [0.4, 0.5) is 0 Å². The number of carbonyl (C=O) groups is 3. The van der Waals surface area contributed by atoms with Crippen molar-refractivity contribution in [2.45, 2.75) is 55.8 Å². The summed E-state index contributed by atoms with van der Waals surface area (Å²) in [5, 5.41) is 12.9. The minimum atomic E-state index is -1.36. The summed E-state index contributed by atoms with van der Waals surface area (Å²) in [6.45, 7) is 5.79. The molecule has 7 nitrogen and oxygen atoms in total. The van der Waals surface area contributed by atoms with Gasteiger partial charge < -0.3 is 14.9 Å². The van der Waals surface area contributed by atoms with Crippen molar-refractivity contribution in [2.24, 2.45) is 35.5 Å². The van der Waals surface area contributed by atoms with Gasteiger partial charge in [0.25, 0.3) is 0 Å². The molecule has 8 unspecified atom stereocenters. The van der Waals surface area contributed by atoms with E-state index in [1.165, 1.54) is 11.3 Å². The van der Waals surface area contributed by atoms with E-state index in [0.29, 0.717) is 0 Å². The zero-order chi connectivity index (χ0) is 24.8. The van der Waals surface area contributed by atoms with Crippen LogP contribution in [0.5, 0.6) is 0 Å². The van der Waals surface area contributed by atoms with E-state index >= 15 is 0 Å². The Hall–Kier alpha value is -2.39. The number of H-pyrrole nitrogens is 1. The molecule has 1 aromatic heterocycles. The number of imide groups is 1. The van der Waals surface area contributed by atoms with Gasteiger partial charge in [-0.05, 0) is 49.0 Å². The van der Waals surface area contributed by atoms with E-state index in [1.54, 1.807) is 11.8 Å². The molecule has 3 heterocycles. The van der Waals surface area contributed by atoms with Gasteiger partial charge in [-0.2, -0.15) is 0 Å². The van der Waals surface area contributed by atoms with Crippen molar-refractivity contribution < 1.29 is 19.5 Å². The minimum Gasteiger partial charge on any atom is -0.548 e. The van der Waals surface area contributed by atoms with Gasteiger partial charge in [0.2, 0.25) is 11.8 Å². The van der Waals surface area contributed by atoms with Crippen molar-refractivity contribution in [3.63, 3.8) is 0 Å². The summed E-state index contributed by atoms with van der Waals surface area (Å²) in [4.78, 5) is 56.5. The molecule has 1 aromatic carbocycles. The predicted molar refractivity (Wildman–Crippen MR) is 130 cm³/mol. The number of aryl methyl sites for hydroxylation is 1. The number of thiazole rings is 1. The molecular weight excluding hydrogens is 484 g/mol. The summed E-state index contributed by atoms with van der Waals surface area (Å²) in [5.41, 5.74) is 2.27. The van der Waals surface area contributed by atoms with Crippen LogP contribution in [-0.4, -0.2) is 39.0 Å². The maximum Gasteiger partial charge on any atom is 0.305 e. The predicted octanol–water partition coefficient (Wildman–Crippen LogP) is 2.38. The van der Waals surface area contributed by atoms with Crippen LogP contribution in [0, 0.1) is 42.4 Å². The molecule has 2 amide bonds. The second-order valence-corrected chi connectivity index (χ2v) is 13.1. The summed E-state index contributed by atoms with van der Waals surface area (Å²) in [7, 11) is 0. The van der Waals surface area contributed by atoms with Crippen LogP contribution in [-0.2, 0) is 14.4 Å². The first-order valence-electron chi connectivity index (χ1n) is 12.2. The van der Waals surface area contributed by atoms with Gasteiger partial charge in [-0.1, -0.05) is 55.0 Å². The third kappa shape index (κ3) is 3.30. The van der Waals surface area contributed by atoms with Crippen molar-refractivity contribution in [1.82, 2.24) is 9.88 Å².